The largest absolute Gasteiger partial charge is 0.445 e. The normalized spacial score (nSPS) is 15.5. The van der Waals surface area contributed by atoms with Gasteiger partial charge in [0, 0.05) is 43.6 Å². The molecule has 1 N–H and O–H groups in total. The van der Waals surface area contributed by atoms with Crippen molar-refractivity contribution in [2.24, 2.45) is 0 Å². The number of nitrogens with one attached hydrogen (secondary N) is 1. The number of carbonyl (C=O) groups is 3. The molecule has 0 spiro atoms. The van der Waals surface area contributed by atoms with Gasteiger partial charge in [-0.15, -0.1) is 0 Å². The molecule has 2 aromatic heterocycles. The summed E-state index contributed by atoms with van der Waals surface area (Å²) in [5, 5.41) is 3.32. The number of fused-ring (bicyclic) bond motifs is 1. The lowest BCUT2D eigenvalue weighted by molar-refractivity contribution is 0.0241. The molecular formula is C32H35ClN6O5. The third-order valence-electron chi connectivity index (χ3n) is 7.03. The van der Waals surface area contributed by atoms with Crippen molar-refractivity contribution >= 4 is 46.7 Å². The second-order valence-corrected chi connectivity index (χ2v) is 12.0. The Morgan fingerprint density at radius 3 is 2.36 bits per heavy atom. The summed E-state index contributed by atoms with van der Waals surface area (Å²) < 4.78 is 13.1. The highest BCUT2D eigenvalue weighted by Crippen LogP contribution is 2.32. The first-order chi connectivity index (χ1) is 21.0. The highest BCUT2D eigenvalue weighted by atomic mass is 35.5. The fourth-order valence-corrected chi connectivity index (χ4v) is 5.29. The summed E-state index contributed by atoms with van der Waals surface area (Å²) >= 11 is 6.72. The van der Waals surface area contributed by atoms with Crippen LogP contribution in [0.15, 0.2) is 66.9 Å². The van der Waals surface area contributed by atoms with Gasteiger partial charge in [-0.3, -0.25) is 15.1 Å². The van der Waals surface area contributed by atoms with Gasteiger partial charge < -0.3 is 23.8 Å². The van der Waals surface area contributed by atoms with Crippen LogP contribution in [0.3, 0.4) is 0 Å². The molecule has 0 saturated carbocycles. The Morgan fingerprint density at radius 1 is 0.977 bits per heavy atom. The Kier molecular flexibility index (Phi) is 9.05. The number of pyridine rings is 1. The van der Waals surface area contributed by atoms with Crippen molar-refractivity contribution in [3.63, 3.8) is 0 Å². The number of rotatable bonds is 5. The van der Waals surface area contributed by atoms with Gasteiger partial charge in [0.25, 0.3) is 5.91 Å². The molecule has 1 aliphatic rings. The predicted octanol–water partition coefficient (Wildman–Crippen LogP) is 6.08. The minimum Gasteiger partial charge on any atom is -0.445 e. The molecule has 0 radical (unpaired) electrons. The summed E-state index contributed by atoms with van der Waals surface area (Å²) in [4.78, 5) is 52.1. The van der Waals surface area contributed by atoms with Gasteiger partial charge in [0.2, 0.25) is 5.95 Å². The van der Waals surface area contributed by atoms with E-state index < -0.39 is 23.8 Å². The number of imidazole rings is 1. The van der Waals surface area contributed by atoms with Crippen LogP contribution in [0, 0.1) is 6.92 Å². The van der Waals surface area contributed by atoms with E-state index in [1.165, 1.54) is 0 Å². The highest BCUT2D eigenvalue weighted by molar-refractivity contribution is 6.35. The minimum absolute atomic E-state index is 0.100. The lowest BCUT2D eigenvalue weighted by Crippen LogP contribution is -2.40. The van der Waals surface area contributed by atoms with Gasteiger partial charge in [0.1, 0.15) is 12.2 Å². The van der Waals surface area contributed by atoms with E-state index in [4.69, 9.17) is 26.1 Å². The van der Waals surface area contributed by atoms with Crippen molar-refractivity contribution in [1.29, 1.82) is 0 Å². The van der Waals surface area contributed by atoms with E-state index in [1.807, 2.05) is 30.3 Å². The second kappa shape index (κ2) is 12.9. The fourth-order valence-electron chi connectivity index (χ4n) is 5.03. The van der Waals surface area contributed by atoms with Gasteiger partial charge in [-0.25, -0.2) is 14.6 Å². The maximum atomic E-state index is 13.4. The number of para-hydroxylation sites is 1. The number of amides is 3. The van der Waals surface area contributed by atoms with Crippen LogP contribution in [0.5, 0.6) is 0 Å². The van der Waals surface area contributed by atoms with Crippen molar-refractivity contribution < 1.29 is 23.9 Å². The molecule has 1 atom stereocenters. The van der Waals surface area contributed by atoms with E-state index in [0.717, 1.165) is 5.56 Å². The molecule has 2 aromatic carbocycles. The summed E-state index contributed by atoms with van der Waals surface area (Å²) in [6.07, 6.45) is 0.515. The Hall–Kier alpha value is -4.64. The molecule has 0 aliphatic carbocycles. The van der Waals surface area contributed by atoms with Crippen molar-refractivity contribution in [2.45, 2.75) is 45.9 Å². The Bertz CT molecular complexity index is 1670. The van der Waals surface area contributed by atoms with E-state index in [2.05, 4.69) is 10.3 Å². The molecule has 3 heterocycles. The number of carbonyl (C=O) groups excluding carboxylic acids is 3. The number of aryl methyl sites for hydroxylation is 1. The van der Waals surface area contributed by atoms with E-state index in [0.29, 0.717) is 27.3 Å². The van der Waals surface area contributed by atoms with E-state index >= 15 is 0 Å². The predicted molar refractivity (Wildman–Crippen MR) is 167 cm³/mol. The van der Waals surface area contributed by atoms with E-state index in [-0.39, 0.29) is 44.6 Å². The molecule has 11 nitrogen and oxygen atoms in total. The van der Waals surface area contributed by atoms with Crippen molar-refractivity contribution in [2.75, 3.05) is 31.5 Å². The summed E-state index contributed by atoms with van der Waals surface area (Å²) in [5.74, 6) is -0.166. The SMILES string of the molecule is Cc1cc(C(=O)Nc2nc3cccc(Cl)c3n2C2CN(C(=O)OCc3ccccc3)CCN(C(=O)OC(C)(C)C)C2)ccn1. The third kappa shape index (κ3) is 7.28. The van der Waals surface area contributed by atoms with Crippen LogP contribution < -0.4 is 5.32 Å². The fraction of sp³-hybridized carbons (Fsp3) is 0.344. The number of hydrogen-bond acceptors (Lipinski definition) is 7. The first-order valence-electron chi connectivity index (χ1n) is 14.3. The number of halogens is 1. The van der Waals surface area contributed by atoms with E-state index in [1.54, 1.807) is 78.6 Å². The van der Waals surface area contributed by atoms with Crippen LogP contribution in [0.4, 0.5) is 15.5 Å². The van der Waals surface area contributed by atoms with Gasteiger partial charge >= 0.3 is 12.2 Å². The maximum absolute atomic E-state index is 13.4. The molecule has 12 heteroatoms. The van der Waals surface area contributed by atoms with Crippen molar-refractivity contribution in [1.82, 2.24) is 24.3 Å². The molecule has 44 heavy (non-hydrogen) atoms. The van der Waals surface area contributed by atoms with Gasteiger partial charge in [-0.2, -0.15) is 0 Å². The molecule has 230 valence electrons. The highest BCUT2D eigenvalue weighted by Gasteiger charge is 2.34. The molecule has 0 bridgehead atoms. The van der Waals surface area contributed by atoms with Gasteiger partial charge in [0.15, 0.2) is 0 Å². The average molecular weight is 619 g/mol. The second-order valence-electron chi connectivity index (χ2n) is 11.6. The van der Waals surface area contributed by atoms with Crippen LogP contribution in [0.1, 0.15) is 48.4 Å². The number of aromatic nitrogens is 3. The summed E-state index contributed by atoms with van der Waals surface area (Å²) in [5.41, 5.74) is 2.33. The van der Waals surface area contributed by atoms with Gasteiger partial charge in [-0.1, -0.05) is 48.0 Å². The smallest absolute Gasteiger partial charge is 0.410 e. The Morgan fingerprint density at radius 2 is 1.68 bits per heavy atom. The molecule has 5 rings (SSSR count). The quantitative estimate of drug-likeness (QED) is 0.288. The Balaban J connectivity index is 1.52. The number of anilines is 1. The summed E-state index contributed by atoms with van der Waals surface area (Å²) in [6, 6.07) is 17.4. The van der Waals surface area contributed by atoms with Gasteiger partial charge in [0.05, 0.1) is 22.1 Å². The summed E-state index contributed by atoms with van der Waals surface area (Å²) in [7, 11) is 0. The van der Waals surface area contributed by atoms with Crippen LogP contribution >= 0.6 is 11.6 Å². The first kappa shape index (κ1) is 30.8. The van der Waals surface area contributed by atoms with Crippen molar-refractivity contribution in [3.8, 4) is 0 Å². The number of hydrogen-bond donors (Lipinski definition) is 1. The maximum Gasteiger partial charge on any atom is 0.410 e. The van der Waals surface area contributed by atoms with E-state index in [9.17, 15) is 14.4 Å². The topological polar surface area (TPSA) is 119 Å². The number of ether oxygens (including phenoxy) is 2. The zero-order chi connectivity index (χ0) is 31.4. The molecule has 1 unspecified atom stereocenters. The molecule has 4 aromatic rings. The minimum atomic E-state index is -0.722. The standard InChI is InChI=1S/C32H35ClN6O5/c1-21-17-23(13-14-34-21)28(40)36-29-35-26-12-8-11-25(33)27(26)39(29)24-18-37(30(41)43-20-22-9-6-5-7-10-22)15-16-38(19-24)31(42)44-32(2,3)4/h5-14,17,24H,15-16,18-20H2,1-4H3,(H,35,36,40). The molecule has 3 amide bonds. The van der Waals surface area contributed by atoms with Crippen LogP contribution in [0.2, 0.25) is 5.02 Å². The lowest BCUT2D eigenvalue weighted by atomic mass is 10.2. The zero-order valence-electron chi connectivity index (χ0n) is 25.1. The number of nitrogens with zero attached hydrogens (tertiary/aromatic N) is 5. The average Bonchev–Trinajstić information content (AvgIpc) is 3.19. The van der Waals surface area contributed by atoms with Crippen molar-refractivity contribution in [3.05, 3.63) is 88.7 Å². The molecule has 1 fully saturated rings. The summed E-state index contributed by atoms with van der Waals surface area (Å²) in [6.45, 7) is 8.02. The monoisotopic (exact) mass is 618 g/mol. The molecular weight excluding hydrogens is 584 g/mol. The zero-order valence-corrected chi connectivity index (χ0v) is 25.9. The van der Waals surface area contributed by atoms with Crippen LogP contribution in [0.25, 0.3) is 11.0 Å². The Labute approximate surface area is 260 Å². The number of benzene rings is 2. The lowest BCUT2D eigenvalue weighted by Gasteiger charge is -2.29. The van der Waals surface area contributed by atoms with Gasteiger partial charge in [-0.05, 0) is 57.5 Å². The first-order valence-corrected chi connectivity index (χ1v) is 14.7. The van der Waals surface area contributed by atoms with Crippen LogP contribution in [-0.2, 0) is 16.1 Å². The molecule has 1 saturated heterocycles. The molecule has 1 aliphatic heterocycles. The third-order valence-corrected chi connectivity index (χ3v) is 7.33. The van der Waals surface area contributed by atoms with Crippen LogP contribution in [-0.4, -0.2) is 74.2 Å².